The van der Waals surface area contributed by atoms with E-state index in [4.69, 9.17) is 9.47 Å². The van der Waals surface area contributed by atoms with Gasteiger partial charge in [0, 0.05) is 19.7 Å². The highest BCUT2D eigenvalue weighted by Gasteiger charge is 2.09. The molecule has 0 bridgehead atoms. The van der Waals surface area contributed by atoms with Crippen molar-refractivity contribution in [1.82, 2.24) is 5.32 Å². The third-order valence-corrected chi connectivity index (χ3v) is 3.00. The van der Waals surface area contributed by atoms with E-state index in [0.29, 0.717) is 24.6 Å². The summed E-state index contributed by atoms with van der Waals surface area (Å²) in [6, 6.07) is 7.47. The fourth-order valence-electron chi connectivity index (χ4n) is 1.77. The van der Waals surface area contributed by atoms with Gasteiger partial charge in [-0.05, 0) is 24.0 Å². The van der Waals surface area contributed by atoms with Crippen LogP contribution in [0.1, 0.15) is 36.2 Å². The molecule has 0 aromatic heterocycles. The zero-order valence-electron chi connectivity index (χ0n) is 12.6. The van der Waals surface area contributed by atoms with Crippen molar-refractivity contribution in [2.75, 3.05) is 26.9 Å². The predicted octanol–water partition coefficient (Wildman–Crippen LogP) is 2.63. The number of benzene rings is 1. The molecule has 20 heavy (non-hydrogen) atoms. The van der Waals surface area contributed by atoms with Gasteiger partial charge in [0.15, 0.2) is 0 Å². The number of ether oxygens (including phenoxy) is 2. The Hall–Kier alpha value is -1.39. The summed E-state index contributed by atoms with van der Waals surface area (Å²) in [6.07, 6.45) is 1.09. The summed E-state index contributed by atoms with van der Waals surface area (Å²) in [5, 5.41) is 3.28. The second kappa shape index (κ2) is 9.50. The molecule has 0 aliphatic heterocycles. The van der Waals surface area contributed by atoms with Crippen molar-refractivity contribution in [2.24, 2.45) is 5.92 Å². The van der Waals surface area contributed by atoms with Crippen LogP contribution in [0.5, 0.6) is 0 Å². The molecule has 0 aliphatic rings. The van der Waals surface area contributed by atoms with Crippen LogP contribution in [0.2, 0.25) is 0 Å². The van der Waals surface area contributed by atoms with Crippen LogP contribution >= 0.6 is 0 Å². The van der Waals surface area contributed by atoms with Gasteiger partial charge in [-0.3, -0.25) is 0 Å². The van der Waals surface area contributed by atoms with Crippen LogP contribution in [-0.2, 0) is 16.0 Å². The average molecular weight is 279 g/mol. The Morgan fingerprint density at radius 3 is 2.70 bits per heavy atom. The van der Waals surface area contributed by atoms with E-state index in [1.807, 2.05) is 18.2 Å². The summed E-state index contributed by atoms with van der Waals surface area (Å²) in [7, 11) is 1.40. The van der Waals surface area contributed by atoms with Gasteiger partial charge in [0.05, 0.1) is 19.3 Å². The summed E-state index contributed by atoms with van der Waals surface area (Å²) in [5.41, 5.74) is 1.56. The van der Waals surface area contributed by atoms with Crippen LogP contribution in [0.3, 0.4) is 0 Å². The molecular weight excluding hydrogens is 254 g/mol. The summed E-state index contributed by atoms with van der Waals surface area (Å²) in [4.78, 5) is 11.6. The fourth-order valence-corrected chi connectivity index (χ4v) is 1.77. The maximum absolute atomic E-state index is 11.6. The normalized spacial score (nSPS) is 10.8. The monoisotopic (exact) mass is 279 g/mol. The van der Waals surface area contributed by atoms with Gasteiger partial charge in [0.2, 0.25) is 0 Å². The second-order valence-electron chi connectivity index (χ2n) is 5.12. The highest BCUT2D eigenvalue weighted by Crippen LogP contribution is 2.09. The number of esters is 1. The van der Waals surface area contributed by atoms with Crippen LogP contribution in [0.15, 0.2) is 24.3 Å². The van der Waals surface area contributed by atoms with E-state index in [2.05, 4.69) is 19.2 Å². The van der Waals surface area contributed by atoms with Crippen molar-refractivity contribution in [3.8, 4) is 0 Å². The molecular formula is C16H25NO3. The average Bonchev–Trinajstić information content (AvgIpc) is 2.45. The van der Waals surface area contributed by atoms with Crippen molar-refractivity contribution < 1.29 is 14.3 Å². The van der Waals surface area contributed by atoms with E-state index in [9.17, 15) is 4.79 Å². The standard InChI is InChI=1S/C16H25NO3/c1-13(2)8-10-20-11-9-17-12-14-6-4-5-7-15(14)16(18)19-3/h4-7,13,17H,8-12H2,1-3H3. The predicted molar refractivity (Wildman–Crippen MR) is 79.8 cm³/mol. The quantitative estimate of drug-likeness (QED) is 0.557. The minimum atomic E-state index is -0.296. The number of carbonyl (C=O) groups is 1. The number of hydrogen-bond donors (Lipinski definition) is 1. The third-order valence-electron chi connectivity index (χ3n) is 3.00. The Bertz CT molecular complexity index is 404. The Labute approximate surface area is 121 Å². The molecule has 4 nitrogen and oxygen atoms in total. The molecule has 1 N–H and O–H groups in total. The smallest absolute Gasteiger partial charge is 0.338 e. The minimum absolute atomic E-state index is 0.296. The van der Waals surface area contributed by atoms with Gasteiger partial charge in [0.25, 0.3) is 0 Å². The third kappa shape index (κ3) is 6.17. The van der Waals surface area contributed by atoms with Gasteiger partial charge in [-0.25, -0.2) is 4.79 Å². The van der Waals surface area contributed by atoms with Gasteiger partial charge in [0.1, 0.15) is 0 Å². The zero-order valence-corrected chi connectivity index (χ0v) is 12.6. The molecule has 0 aliphatic carbocycles. The maximum Gasteiger partial charge on any atom is 0.338 e. The van der Waals surface area contributed by atoms with Gasteiger partial charge < -0.3 is 14.8 Å². The van der Waals surface area contributed by atoms with E-state index >= 15 is 0 Å². The molecule has 0 radical (unpaired) electrons. The molecule has 1 aromatic rings. The second-order valence-corrected chi connectivity index (χ2v) is 5.12. The van der Waals surface area contributed by atoms with Crippen molar-refractivity contribution in [1.29, 1.82) is 0 Å². The number of methoxy groups -OCH3 is 1. The maximum atomic E-state index is 11.6. The van der Waals surface area contributed by atoms with Gasteiger partial charge in [-0.1, -0.05) is 32.0 Å². The van der Waals surface area contributed by atoms with Gasteiger partial charge >= 0.3 is 5.97 Å². The number of carbonyl (C=O) groups excluding carboxylic acids is 1. The fraction of sp³-hybridized carbons (Fsp3) is 0.562. The van der Waals surface area contributed by atoms with E-state index < -0.39 is 0 Å². The molecule has 0 spiro atoms. The summed E-state index contributed by atoms with van der Waals surface area (Å²) < 4.78 is 10.3. The first-order valence-electron chi connectivity index (χ1n) is 7.09. The number of hydrogen-bond acceptors (Lipinski definition) is 4. The first kappa shape index (κ1) is 16.7. The molecule has 0 atom stereocenters. The summed E-state index contributed by atoms with van der Waals surface area (Å²) in [5.74, 6) is 0.380. The first-order chi connectivity index (χ1) is 9.65. The lowest BCUT2D eigenvalue weighted by molar-refractivity contribution is 0.0599. The Morgan fingerprint density at radius 2 is 2.00 bits per heavy atom. The number of nitrogens with one attached hydrogen (secondary N) is 1. The van der Waals surface area contributed by atoms with Gasteiger partial charge in [-0.2, -0.15) is 0 Å². The molecule has 0 fully saturated rings. The number of rotatable bonds is 9. The molecule has 1 aromatic carbocycles. The van der Waals surface area contributed by atoms with Crippen LogP contribution in [0.4, 0.5) is 0 Å². The first-order valence-corrected chi connectivity index (χ1v) is 7.09. The zero-order chi connectivity index (χ0) is 14.8. The topological polar surface area (TPSA) is 47.6 Å². The largest absolute Gasteiger partial charge is 0.465 e. The van der Waals surface area contributed by atoms with Crippen LogP contribution < -0.4 is 5.32 Å². The molecule has 1 rings (SSSR count). The highest BCUT2D eigenvalue weighted by molar-refractivity contribution is 5.90. The molecule has 0 saturated carbocycles. The molecule has 0 heterocycles. The molecule has 0 saturated heterocycles. The minimum Gasteiger partial charge on any atom is -0.465 e. The summed E-state index contributed by atoms with van der Waals surface area (Å²) >= 11 is 0. The van der Waals surface area contributed by atoms with Crippen molar-refractivity contribution in [3.63, 3.8) is 0 Å². The Morgan fingerprint density at radius 1 is 1.25 bits per heavy atom. The molecule has 0 unspecified atom stereocenters. The van der Waals surface area contributed by atoms with Crippen LogP contribution in [0.25, 0.3) is 0 Å². The Balaban J connectivity index is 2.27. The van der Waals surface area contributed by atoms with Crippen molar-refractivity contribution >= 4 is 5.97 Å². The van der Waals surface area contributed by atoms with Crippen molar-refractivity contribution in [2.45, 2.75) is 26.8 Å². The van der Waals surface area contributed by atoms with Crippen LogP contribution in [0, 0.1) is 5.92 Å². The van der Waals surface area contributed by atoms with Crippen LogP contribution in [-0.4, -0.2) is 32.8 Å². The van der Waals surface area contributed by atoms with E-state index in [1.165, 1.54) is 7.11 Å². The lowest BCUT2D eigenvalue weighted by atomic mass is 10.1. The lowest BCUT2D eigenvalue weighted by Crippen LogP contribution is -2.21. The summed E-state index contributed by atoms with van der Waals surface area (Å²) in [6.45, 7) is 7.27. The van der Waals surface area contributed by atoms with E-state index in [1.54, 1.807) is 6.07 Å². The van der Waals surface area contributed by atoms with Crippen molar-refractivity contribution in [3.05, 3.63) is 35.4 Å². The highest BCUT2D eigenvalue weighted by atomic mass is 16.5. The van der Waals surface area contributed by atoms with E-state index in [-0.39, 0.29) is 5.97 Å². The van der Waals surface area contributed by atoms with Gasteiger partial charge in [-0.15, -0.1) is 0 Å². The molecule has 112 valence electrons. The Kier molecular flexibility index (Phi) is 7.92. The molecule has 4 heteroatoms. The van der Waals surface area contributed by atoms with E-state index in [0.717, 1.165) is 25.1 Å². The SMILES string of the molecule is COC(=O)c1ccccc1CNCCOCCC(C)C. The lowest BCUT2D eigenvalue weighted by Gasteiger charge is -2.10. The molecule has 0 amide bonds.